The fraction of sp³-hybridized carbons (Fsp3) is 0.417. The van der Waals surface area contributed by atoms with Crippen molar-refractivity contribution in [3.8, 4) is 17.2 Å². The number of aryl methyl sites for hydroxylation is 1. The fourth-order valence-corrected chi connectivity index (χ4v) is 1.81. The molecule has 0 aromatic heterocycles. The number of benzene rings is 1. The van der Waals surface area contributed by atoms with Gasteiger partial charge in [-0.2, -0.15) is 0 Å². The second-order valence-electron chi connectivity index (χ2n) is 3.69. The Hall–Kier alpha value is -1.95. The zero-order valence-electron chi connectivity index (χ0n) is 10.8. The number of hydrogen-bond acceptors (Lipinski definition) is 5. The zero-order valence-corrected chi connectivity index (χ0v) is 10.8. The molecule has 6 nitrogen and oxygen atoms in total. The van der Waals surface area contributed by atoms with Crippen LogP contribution in [0, 0.1) is 6.92 Å². The number of rotatable bonds is 5. The summed E-state index contributed by atoms with van der Waals surface area (Å²) in [6.07, 6.45) is 0. The lowest BCUT2D eigenvalue weighted by Gasteiger charge is -2.20. The van der Waals surface area contributed by atoms with Crippen LogP contribution in [0.3, 0.4) is 0 Å². The highest BCUT2D eigenvalue weighted by Crippen LogP contribution is 2.43. The lowest BCUT2D eigenvalue weighted by Crippen LogP contribution is -2.22. The Bertz CT molecular complexity index is 458. The van der Waals surface area contributed by atoms with Crippen LogP contribution >= 0.6 is 0 Å². The monoisotopic (exact) mass is 255 g/mol. The topological polar surface area (TPSA) is 91.0 Å². The van der Waals surface area contributed by atoms with Crippen LogP contribution < -0.4 is 19.9 Å². The molecule has 6 heteroatoms. The summed E-state index contributed by atoms with van der Waals surface area (Å²) < 4.78 is 15.6. The maximum atomic E-state index is 11.0. The summed E-state index contributed by atoms with van der Waals surface area (Å²) in [5.74, 6) is -0.0571. The second kappa shape index (κ2) is 5.59. The molecule has 0 spiro atoms. The Morgan fingerprint density at radius 1 is 1.22 bits per heavy atom. The first kappa shape index (κ1) is 14.1. The van der Waals surface area contributed by atoms with Crippen molar-refractivity contribution in [3.05, 3.63) is 17.2 Å². The van der Waals surface area contributed by atoms with Gasteiger partial charge in [-0.1, -0.05) is 0 Å². The first-order valence-corrected chi connectivity index (χ1v) is 5.25. The van der Waals surface area contributed by atoms with Gasteiger partial charge in [0.15, 0.2) is 11.5 Å². The van der Waals surface area contributed by atoms with Crippen LogP contribution in [0.1, 0.15) is 17.2 Å². The summed E-state index contributed by atoms with van der Waals surface area (Å²) in [6.45, 7) is 1.74. The van der Waals surface area contributed by atoms with Gasteiger partial charge in [0, 0.05) is 5.56 Å². The lowest BCUT2D eigenvalue weighted by atomic mass is 9.99. The molecule has 0 heterocycles. The van der Waals surface area contributed by atoms with Crippen LogP contribution in [-0.4, -0.2) is 32.4 Å². The SMILES string of the molecule is COc1cc(C)c([C@@H](N)C(=O)O)c(OC)c1OC. The van der Waals surface area contributed by atoms with E-state index in [0.717, 1.165) is 0 Å². The van der Waals surface area contributed by atoms with Crippen LogP contribution in [-0.2, 0) is 4.79 Å². The molecule has 1 aromatic carbocycles. The molecule has 0 bridgehead atoms. The molecule has 0 radical (unpaired) electrons. The van der Waals surface area contributed by atoms with Crippen LogP contribution in [0.4, 0.5) is 0 Å². The molecule has 0 unspecified atom stereocenters. The van der Waals surface area contributed by atoms with Crippen LogP contribution in [0.2, 0.25) is 0 Å². The average Bonchev–Trinajstić information content (AvgIpc) is 2.36. The molecule has 0 aliphatic carbocycles. The maximum Gasteiger partial charge on any atom is 0.325 e. The van der Waals surface area contributed by atoms with Crippen molar-refractivity contribution in [2.45, 2.75) is 13.0 Å². The Labute approximate surface area is 105 Å². The van der Waals surface area contributed by atoms with E-state index in [9.17, 15) is 4.79 Å². The normalized spacial score (nSPS) is 11.8. The van der Waals surface area contributed by atoms with E-state index >= 15 is 0 Å². The Morgan fingerprint density at radius 2 is 1.78 bits per heavy atom. The van der Waals surface area contributed by atoms with Gasteiger partial charge < -0.3 is 25.1 Å². The van der Waals surface area contributed by atoms with Gasteiger partial charge in [0.2, 0.25) is 5.75 Å². The minimum absolute atomic E-state index is 0.282. The predicted octanol–water partition coefficient (Wildman–Crippen LogP) is 1.11. The van der Waals surface area contributed by atoms with Crippen molar-refractivity contribution in [1.29, 1.82) is 0 Å². The molecule has 0 amide bonds. The number of ether oxygens (including phenoxy) is 3. The number of aliphatic carboxylic acids is 1. The highest BCUT2D eigenvalue weighted by molar-refractivity contribution is 5.78. The minimum Gasteiger partial charge on any atom is -0.493 e. The molecule has 1 aromatic rings. The van der Waals surface area contributed by atoms with Crippen LogP contribution in [0.15, 0.2) is 6.07 Å². The van der Waals surface area contributed by atoms with Gasteiger partial charge in [0.25, 0.3) is 0 Å². The second-order valence-corrected chi connectivity index (χ2v) is 3.69. The van der Waals surface area contributed by atoms with Crippen LogP contribution in [0.25, 0.3) is 0 Å². The van der Waals surface area contributed by atoms with Crippen molar-refractivity contribution in [2.24, 2.45) is 5.73 Å². The van der Waals surface area contributed by atoms with E-state index in [-0.39, 0.29) is 5.75 Å². The highest BCUT2D eigenvalue weighted by atomic mass is 16.5. The van der Waals surface area contributed by atoms with Gasteiger partial charge >= 0.3 is 5.97 Å². The number of hydrogen-bond donors (Lipinski definition) is 2. The first-order valence-electron chi connectivity index (χ1n) is 5.25. The highest BCUT2D eigenvalue weighted by Gasteiger charge is 2.26. The summed E-state index contributed by atoms with van der Waals surface area (Å²) >= 11 is 0. The van der Waals surface area contributed by atoms with Gasteiger partial charge in [0.1, 0.15) is 6.04 Å². The smallest absolute Gasteiger partial charge is 0.325 e. The Morgan fingerprint density at radius 3 is 2.17 bits per heavy atom. The molecule has 0 fully saturated rings. The number of carbonyl (C=O) groups is 1. The summed E-state index contributed by atoms with van der Waals surface area (Å²) in [5.41, 5.74) is 6.70. The molecular weight excluding hydrogens is 238 g/mol. The van der Waals surface area contributed by atoms with E-state index in [4.69, 9.17) is 25.1 Å². The quantitative estimate of drug-likeness (QED) is 0.818. The average molecular weight is 255 g/mol. The lowest BCUT2D eigenvalue weighted by molar-refractivity contribution is -0.138. The predicted molar refractivity (Wildman–Crippen MR) is 65.4 cm³/mol. The first-order chi connectivity index (χ1) is 8.47. The molecular formula is C12H17NO5. The van der Waals surface area contributed by atoms with Gasteiger partial charge in [-0.3, -0.25) is 4.79 Å². The summed E-state index contributed by atoms with van der Waals surface area (Å²) in [4.78, 5) is 11.0. The third kappa shape index (κ3) is 2.33. The van der Waals surface area contributed by atoms with E-state index in [1.165, 1.54) is 21.3 Å². The van der Waals surface area contributed by atoms with Crippen molar-refractivity contribution >= 4 is 5.97 Å². The van der Waals surface area contributed by atoms with Gasteiger partial charge in [0.05, 0.1) is 21.3 Å². The number of carboxylic acids is 1. The van der Waals surface area contributed by atoms with E-state index in [2.05, 4.69) is 0 Å². The Balaban J connectivity index is 3.55. The van der Waals surface area contributed by atoms with Crippen LogP contribution in [0.5, 0.6) is 17.2 Å². The van der Waals surface area contributed by atoms with Crippen molar-refractivity contribution in [3.63, 3.8) is 0 Å². The number of nitrogens with two attached hydrogens (primary N) is 1. The van der Waals surface area contributed by atoms with Crippen molar-refractivity contribution < 1.29 is 24.1 Å². The van der Waals surface area contributed by atoms with E-state index in [1.807, 2.05) is 0 Å². The minimum atomic E-state index is -1.18. The maximum absolute atomic E-state index is 11.0. The summed E-state index contributed by atoms with van der Waals surface area (Å²) in [5, 5.41) is 9.02. The van der Waals surface area contributed by atoms with E-state index in [0.29, 0.717) is 22.6 Å². The number of methoxy groups -OCH3 is 3. The standard InChI is InChI=1S/C12H17NO5/c1-6-5-7(16-2)10(17-3)11(18-4)8(6)9(13)12(14)15/h5,9H,13H2,1-4H3,(H,14,15)/t9-/m1/s1. The summed E-state index contributed by atoms with van der Waals surface area (Å²) in [6, 6.07) is 0.485. The zero-order chi connectivity index (χ0) is 13.9. The summed E-state index contributed by atoms with van der Waals surface area (Å²) in [7, 11) is 4.37. The third-order valence-electron chi connectivity index (χ3n) is 2.65. The van der Waals surface area contributed by atoms with E-state index in [1.54, 1.807) is 13.0 Å². The molecule has 0 saturated heterocycles. The van der Waals surface area contributed by atoms with Gasteiger partial charge in [-0.05, 0) is 18.6 Å². The molecule has 0 aliphatic rings. The molecule has 100 valence electrons. The van der Waals surface area contributed by atoms with E-state index < -0.39 is 12.0 Å². The Kier molecular flexibility index (Phi) is 4.38. The fourth-order valence-electron chi connectivity index (χ4n) is 1.81. The number of carboxylic acid groups (broad SMARTS) is 1. The largest absolute Gasteiger partial charge is 0.493 e. The molecule has 1 atom stereocenters. The van der Waals surface area contributed by atoms with Crippen molar-refractivity contribution in [1.82, 2.24) is 0 Å². The molecule has 0 aliphatic heterocycles. The van der Waals surface area contributed by atoms with Gasteiger partial charge in [-0.25, -0.2) is 0 Å². The third-order valence-corrected chi connectivity index (χ3v) is 2.65. The molecule has 1 rings (SSSR count). The molecule has 3 N–H and O–H groups in total. The van der Waals surface area contributed by atoms with Gasteiger partial charge in [-0.15, -0.1) is 0 Å². The molecule has 0 saturated carbocycles. The van der Waals surface area contributed by atoms with Crippen molar-refractivity contribution in [2.75, 3.05) is 21.3 Å². The molecule has 18 heavy (non-hydrogen) atoms.